The van der Waals surface area contributed by atoms with Crippen LogP contribution in [-0.2, 0) is 28.6 Å². The fourth-order valence-corrected chi connectivity index (χ4v) is 10.1. The highest BCUT2D eigenvalue weighted by Gasteiger charge is 2.19. The quantitative estimate of drug-likeness (QED) is 0.0261. The summed E-state index contributed by atoms with van der Waals surface area (Å²) in [6.45, 7) is 6.47. The standard InChI is InChI=1S/C73H130O6/c1-4-7-10-13-15-17-19-21-23-25-27-29-31-32-33-34-35-36-37-38-39-40-42-43-45-47-49-51-53-55-57-60-63-66-72(75)78-69-70(68-77-71(74)65-62-59-12-9-6-3)79-73(76)67-64-61-58-56-54-52-50-48-46-44-41-30-28-26-24-22-20-18-16-14-11-8-5-2/h8,11,16,18-19,21-22,24-25,27-28,30,70H,4-7,9-10,12-15,17,20,23,26,29,31-69H2,1-3H3/b11-8-,18-16-,21-19-,24-22-,27-25-,30-28-. The second kappa shape index (κ2) is 67.4. The summed E-state index contributed by atoms with van der Waals surface area (Å²) in [4.78, 5) is 38.0. The van der Waals surface area contributed by atoms with E-state index in [0.29, 0.717) is 19.3 Å². The molecule has 79 heavy (non-hydrogen) atoms. The number of carbonyl (C=O) groups is 3. The second-order valence-corrected chi connectivity index (χ2v) is 23.1. The summed E-state index contributed by atoms with van der Waals surface area (Å²) < 4.78 is 16.8. The molecule has 458 valence electrons. The molecule has 0 amide bonds. The first-order valence-corrected chi connectivity index (χ1v) is 34.4. The minimum atomic E-state index is -0.773. The Kier molecular flexibility index (Phi) is 64.7. The number of ether oxygens (including phenoxy) is 3. The van der Waals surface area contributed by atoms with Crippen molar-refractivity contribution < 1.29 is 28.6 Å². The van der Waals surface area contributed by atoms with Crippen molar-refractivity contribution in [1.29, 1.82) is 0 Å². The summed E-state index contributed by atoms with van der Waals surface area (Å²) >= 11 is 0. The lowest BCUT2D eigenvalue weighted by Crippen LogP contribution is -2.30. The van der Waals surface area contributed by atoms with Gasteiger partial charge in [-0.1, -0.05) is 318 Å². The average molecular weight is 1100 g/mol. The first-order chi connectivity index (χ1) is 39.0. The predicted molar refractivity (Wildman–Crippen MR) is 344 cm³/mol. The van der Waals surface area contributed by atoms with Gasteiger partial charge < -0.3 is 14.2 Å². The molecule has 0 bridgehead atoms. The van der Waals surface area contributed by atoms with E-state index < -0.39 is 6.10 Å². The normalized spacial score (nSPS) is 12.5. The van der Waals surface area contributed by atoms with Gasteiger partial charge in [0.1, 0.15) is 13.2 Å². The third-order valence-corrected chi connectivity index (χ3v) is 15.2. The van der Waals surface area contributed by atoms with E-state index in [-0.39, 0.29) is 31.1 Å². The van der Waals surface area contributed by atoms with Crippen molar-refractivity contribution in [2.24, 2.45) is 0 Å². The molecular formula is C73H130O6. The number of rotatable bonds is 63. The first kappa shape index (κ1) is 75.8. The molecule has 0 saturated carbocycles. The molecule has 0 aliphatic carbocycles. The van der Waals surface area contributed by atoms with Crippen LogP contribution in [0.4, 0.5) is 0 Å². The summed E-state index contributed by atoms with van der Waals surface area (Å²) in [5.41, 5.74) is 0. The smallest absolute Gasteiger partial charge is 0.306 e. The van der Waals surface area contributed by atoms with Crippen LogP contribution in [0.1, 0.15) is 355 Å². The topological polar surface area (TPSA) is 78.9 Å². The number of allylic oxidation sites excluding steroid dienone is 12. The lowest BCUT2D eigenvalue weighted by molar-refractivity contribution is -0.167. The molecule has 0 aromatic rings. The number of hydrogen-bond donors (Lipinski definition) is 0. The largest absolute Gasteiger partial charge is 0.462 e. The Hall–Kier alpha value is -3.15. The summed E-state index contributed by atoms with van der Waals surface area (Å²) in [5, 5.41) is 0. The number of hydrogen-bond acceptors (Lipinski definition) is 6. The summed E-state index contributed by atoms with van der Waals surface area (Å²) in [6.07, 6.45) is 88.5. The van der Waals surface area contributed by atoms with Gasteiger partial charge in [-0.2, -0.15) is 0 Å². The first-order valence-electron chi connectivity index (χ1n) is 34.4. The van der Waals surface area contributed by atoms with Crippen molar-refractivity contribution >= 4 is 17.9 Å². The van der Waals surface area contributed by atoms with E-state index >= 15 is 0 Å². The molecule has 0 aliphatic heterocycles. The van der Waals surface area contributed by atoms with Crippen LogP contribution >= 0.6 is 0 Å². The van der Waals surface area contributed by atoms with Gasteiger partial charge in [-0.15, -0.1) is 0 Å². The van der Waals surface area contributed by atoms with Crippen LogP contribution in [0.25, 0.3) is 0 Å². The lowest BCUT2D eigenvalue weighted by Gasteiger charge is -2.18. The number of esters is 3. The van der Waals surface area contributed by atoms with Crippen molar-refractivity contribution in [3.63, 3.8) is 0 Å². The molecule has 0 aromatic carbocycles. The van der Waals surface area contributed by atoms with Gasteiger partial charge >= 0.3 is 17.9 Å². The highest BCUT2D eigenvalue weighted by atomic mass is 16.6. The van der Waals surface area contributed by atoms with Gasteiger partial charge in [-0.3, -0.25) is 14.4 Å². The third kappa shape index (κ3) is 65.5. The van der Waals surface area contributed by atoms with Gasteiger partial charge in [0.25, 0.3) is 0 Å². The maximum atomic E-state index is 12.8. The van der Waals surface area contributed by atoms with Crippen molar-refractivity contribution in [1.82, 2.24) is 0 Å². The Morgan fingerprint density at radius 2 is 0.494 bits per heavy atom. The van der Waals surface area contributed by atoms with E-state index in [1.807, 2.05) is 0 Å². The molecule has 0 N–H and O–H groups in total. The molecule has 0 heterocycles. The number of unbranched alkanes of at least 4 members (excludes halogenated alkanes) is 40. The zero-order chi connectivity index (χ0) is 57.1. The van der Waals surface area contributed by atoms with Gasteiger partial charge in [0.15, 0.2) is 6.10 Å². The Morgan fingerprint density at radius 3 is 0.772 bits per heavy atom. The van der Waals surface area contributed by atoms with Gasteiger partial charge in [0.05, 0.1) is 0 Å². The fraction of sp³-hybridized carbons (Fsp3) is 0.795. The zero-order valence-electron chi connectivity index (χ0n) is 52.6. The maximum Gasteiger partial charge on any atom is 0.306 e. The highest BCUT2D eigenvalue weighted by Crippen LogP contribution is 2.18. The van der Waals surface area contributed by atoms with Crippen LogP contribution in [0.3, 0.4) is 0 Å². The molecule has 0 saturated heterocycles. The maximum absolute atomic E-state index is 12.8. The van der Waals surface area contributed by atoms with Gasteiger partial charge in [0.2, 0.25) is 0 Å². The molecule has 0 aromatic heterocycles. The van der Waals surface area contributed by atoms with Crippen molar-refractivity contribution in [3.05, 3.63) is 72.9 Å². The van der Waals surface area contributed by atoms with Crippen LogP contribution in [0.2, 0.25) is 0 Å². The van der Waals surface area contributed by atoms with E-state index in [1.165, 1.54) is 218 Å². The average Bonchev–Trinajstić information content (AvgIpc) is 3.45. The molecule has 6 nitrogen and oxygen atoms in total. The van der Waals surface area contributed by atoms with Gasteiger partial charge in [-0.25, -0.2) is 0 Å². The molecular weight excluding hydrogens is 973 g/mol. The van der Waals surface area contributed by atoms with E-state index in [4.69, 9.17) is 14.2 Å². The van der Waals surface area contributed by atoms with Crippen LogP contribution in [0, 0.1) is 0 Å². The highest BCUT2D eigenvalue weighted by molar-refractivity contribution is 5.71. The summed E-state index contributed by atoms with van der Waals surface area (Å²) in [7, 11) is 0. The Bertz CT molecular complexity index is 1450. The van der Waals surface area contributed by atoms with Gasteiger partial charge in [0, 0.05) is 19.3 Å². The molecule has 0 radical (unpaired) electrons. The molecule has 1 atom stereocenters. The fourth-order valence-electron chi connectivity index (χ4n) is 10.1. The predicted octanol–water partition coefficient (Wildman–Crippen LogP) is 23.7. The van der Waals surface area contributed by atoms with E-state index in [9.17, 15) is 14.4 Å². The van der Waals surface area contributed by atoms with Crippen LogP contribution < -0.4 is 0 Å². The van der Waals surface area contributed by atoms with Crippen LogP contribution in [0.5, 0.6) is 0 Å². The minimum Gasteiger partial charge on any atom is -0.462 e. The Balaban J connectivity index is 3.93. The molecule has 0 spiro atoms. The molecule has 0 fully saturated rings. The molecule has 6 heteroatoms. The van der Waals surface area contributed by atoms with Crippen LogP contribution in [-0.4, -0.2) is 37.2 Å². The second-order valence-electron chi connectivity index (χ2n) is 23.1. The Labute approximate surface area is 491 Å². The SMILES string of the molecule is CC/C=C\C/C=C\C/C=C\C/C=C\CCCCCCCCCCCCC(=O)OC(COC(=O)CCCCCCC)COC(=O)CCCCCCCCCCCCCCCCCCCCCCC/C=C\C/C=C\CCCCCCC. The zero-order valence-corrected chi connectivity index (χ0v) is 52.6. The molecule has 0 rings (SSSR count). The minimum absolute atomic E-state index is 0.0734. The monoisotopic (exact) mass is 1100 g/mol. The van der Waals surface area contributed by atoms with E-state index in [1.54, 1.807) is 0 Å². The van der Waals surface area contributed by atoms with Crippen molar-refractivity contribution in [2.45, 2.75) is 361 Å². The van der Waals surface area contributed by atoms with E-state index in [2.05, 4.69) is 93.7 Å². The summed E-state index contributed by atoms with van der Waals surface area (Å²) in [5.74, 6) is -0.876. The number of carbonyl (C=O) groups excluding carboxylic acids is 3. The van der Waals surface area contributed by atoms with Crippen molar-refractivity contribution in [2.75, 3.05) is 13.2 Å². The van der Waals surface area contributed by atoms with Crippen LogP contribution in [0.15, 0.2) is 72.9 Å². The molecule has 1 unspecified atom stereocenters. The van der Waals surface area contributed by atoms with E-state index in [0.717, 1.165) is 96.3 Å². The Morgan fingerprint density at radius 1 is 0.266 bits per heavy atom. The van der Waals surface area contributed by atoms with Crippen molar-refractivity contribution in [3.8, 4) is 0 Å². The van der Waals surface area contributed by atoms with Gasteiger partial charge in [-0.05, 0) is 89.9 Å². The summed E-state index contributed by atoms with van der Waals surface area (Å²) in [6, 6.07) is 0. The molecule has 0 aliphatic rings. The lowest BCUT2D eigenvalue weighted by atomic mass is 10.0. The third-order valence-electron chi connectivity index (χ3n) is 15.2.